The molecule has 1 spiro atoms. The fraction of sp³-hybridized carbons (Fsp3) is 0.600. The van der Waals surface area contributed by atoms with E-state index >= 15 is 0 Å². The highest BCUT2D eigenvalue weighted by atomic mass is 19.3. The van der Waals surface area contributed by atoms with E-state index in [1.54, 1.807) is 17.0 Å². The number of carbonyl (C=O) groups is 2. The number of rotatable bonds is 3. The van der Waals surface area contributed by atoms with Crippen molar-refractivity contribution in [1.82, 2.24) is 9.80 Å². The second kappa shape index (κ2) is 6.53. The molecule has 0 N–H and O–H groups in total. The zero-order valence-corrected chi connectivity index (χ0v) is 15.1. The summed E-state index contributed by atoms with van der Waals surface area (Å²) in [7, 11) is 0. The average Bonchev–Trinajstić information content (AvgIpc) is 2.89. The summed E-state index contributed by atoms with van der Waals surface area (Å²) in [5.41, 5.74) is 0.434. The molecule has 0 bridgehead atoms. The number of nitrogens with zero attached hydrogens (tertiary/aromatic N) is 2. The van der Waals surface area contributed by atoms with E-state index in [2.05, 4.69) is 0 Å². The molecule has 2 heterocycles. The summed E-state index contributed by atoms with van der Waals surface area (Å²) < 4.78 is 39.6. The van der Waals surface area contributed by atoms with E-state index < -0.39 is 11.8 Å². The quantitative estimate of drug-likeness (QED) is 0.807. The lowest BCUT2D eigenvalue weighted by Crippen LogP contribution is -2.56. The van der Waals surface area contributed by atoms with Crippen molar-refractivity contribution in [3.63, 3.8) is 0 Å². The Morgan fingerprint density at radius 2 is 1.85 bits per heavy atom. The number of hydrogen-bond donors (Lipinski definition) is 0. The van der Waals surface area contributed by atoms with Gasteiger partial charge in [0, 0.05) is 50.4 Å². The van der Waals surface area contributed by atoms with E-state index in [-0.39, 0.29) is 36.0 Å². The van der Waals surface area contributed by atoms with Gasteiger partial charge in [-0.1, -0.05) is 12.1 Å². The molecular weight excluding hydrogens is 357 g/mol. The lowest BCUT2D eigenvalue weighted by Gasteiger charge is -2.46. The van der Waals surface area contributed by atoms with Gasteiger partial charge in [-0.15, -0.1) is 0 Å². The van der Waals surface area contributed by atoms with Crippen LogP contribution in [0.2, 0.25) is 0 Å². The van der Waals surface area contributed by atoms with Gasteiger partial charge < -0.3 is 9.80 Å². The van der Waals surface area contributed by atoms with Crippen LogP contribution >= 0.6 is 0 Å². The number of hydrogen-bond acceptors (Lipinski definition) is 2. The molecule has 0 unspecified atom stereocenters. The second-order valence-electron chi connectivity index (χ2n) is 8.12. The van der Waals surface area contributed by atoms with Crippen LogP contribution in [0.3, 0.4) is 0 Å². The minimum atomic E-state index is -2.70. The molecule has 3 fully saturated rings. The summed E-state index contributed by atoms with van der Waals surface area (Å²) in [6.07, 6.45) is 1.77. The maximum absolute atomic E-state index is 13.5. The number of benzene rings is 1. The van der Waals surface area contributed by atoms with E-state index in [9.17, 15) is 22.8 Å². The first-order chi connectivity index (χ1) is 12.8. The van der Waals surface area contributed by atoms with Crippen molar-refractivity contribution in [3.05, 3.63) is 35.6 Å². The van der Waals surface area contributed by atoms with Crippen LogP contribution in [0.4, 0.5) is 13.2 Å². The zero-order chi connectivity index (χ0) is 19.2. The van der Waals surface area contributed by atoms with E-state index in [1.807, 2.05) is 4.90 Å². The SMILES string of the molecule is O=C(C1CC(F)(F)C1)N1CCC2(CCC(=O)N2Cc2cccc(F)c2)CC1. The summed E-state index contributed by atoms with van der Waals surface area (Å²) in [6, 6.07) is 6.25. The van der Waals surface area contributed by atoms with Gasteiger partial charge in [-0.05, 0) is 37.0 Å². The average molecular weight is 380 g/mol. The Hall–Kier alpha value is -2.05. The molecule has 3 aliphatic rings. The molecule has 1 aliphatic carbocycles. The van der Waals surface area contributed by atoms with Gasteiger partial charge in [0.15, 0.2) is 0 Å². The molecule has 1 aromatic carbocycles. The van der Waals surface area contributed by atoms with Gasteiger partial charge in [0.25, 0.3) is 0 Å². The van der Waals surface area contributed by atoms with Crippen LogP contribution in [0.5, 0.6) is 0 Å². The Kier molecular flexibility index (Phi) is 4.43. The Bertz CT molecular complexity index is 751. The number of carbonyl (C=O) groups excluding carboxylic acids is 2. The van der Waals surface area contributed by atoms with Crippen LogP contribution in [0.15, 0.2) is 24.3 Å². The van der Waals surface area contributed by atoms with Gasteiger partial charge in [0.05, 0.1) is 0 Å². The zero-order valence-electron chi connectivity index (χ0n) is 15.1. The highest BCUT2D eigenvalue weighted by molar-refractivity contribution is 5.81. The number of piperidine rings is 1. The maximum Gasteiger partial charge on any atom is 0.249 e. The van der Waals surface area contributed by atoms with Crippen molar-refractivity contribution in [2.75, 3.05) is 13.1 Å². The molecule has 7 heteroatoms. The van der Waals surface area contributed by atoms with Crippen molar-refractivity contribution in [3.8, 4) is 0 Å². The van der Waals surface area contributed by atoms with E-state index in [1.165, 1.54) is 12.1 Å². The second-order valence-corrected chi connectivity index (χ2v) is 8.12. The first-order valence-corrected chi connectivity index (χ1v) is 9.50. The number of amides is 2. The number of halogens is 3. The summed E-state index contributed by atoms with van der Waals surface area (Å²) >= 11 is 0. The van der Waals surface area contributed by atoms with Crippen molar-refractivity contribution >= 4 is 11.8 Å². The summed E-state index contributed by atoms with van der Waals surface area (Å²) in [5.74, 6) is -3.72. The third kappa shape index (κ3) is 3.44. The summed E-state index contributed by atoms with van der Waals surface area (Å²) in [6.45, 7) is 1.32. The topological polar surface area (TPSA) is 40.6 Å². The molecule has 1 aromatic rings. The number of alkyl halides is 2. The third-order valence-electron chi connectivity index (χ3n) is 6.35. The molecule has 0 atom stereocenters. The minimum absolute atomic E-state index is 0.0534. The number of likely N-dealkylation sites (tertiary alicyclic amines) is 2. The first kappa shape index (κ1) is 18.3. The molecule has 0 radical (unpaired) electrons. The van der Waals surface area contributed by atoms with Crippen LogP contribution in [0.1, 0.15) is 44.1 Å². The van der Waals surface area contributed by atoms with E-state index in [0.717, 1.165) is 12.0 Å². The Morgan fingerprint density at radius 3 is 2.48 bits per heavy atom. The van der Waals surface area contributed by atoms with Crippen molar-refractivity contribution < 1.29 is 22.8 Å². The van der Waals surface area contributed by atoms with Crippen molar-refractivity contribution in [2.45, 2.75) is 56.5 Å². The standard InChI is InChI=1S/C20H23F3N2O2/c21-16-3-1-2-14(10-16)13-25-17(26)4-5-19(25)6-8-24(9-7-19)18(27)15-11-20(22,23)12-15/h1-3,10,15H,4-9,11-13H2. The smallest absolute Gasteiger partial charge is 0.249 e. The Balaban J connectivity index is 1.41. The van der Waals surface area contributed by atoms with E-state index in [4.69, 9.17) is 0 Å². The van der Waals surface area contributed by atoms with Crippen LogP contribution < -0.4 is 0 Å². The largest absolute Gasteiger partial charge is 0.342 e. The van der Waals surface area contributed by atoms with Crippen LogP contribution in [0, 0.1) is 11.7 Å². The highest BCUT2D eigenvalue weighted by Crippen LogP contribution is 2.45. The van der Waals surface area contributed by atoms with Crippen molar-refractivity contribution in [2.24, 2.45) is 5.92 Å². The third-order valence-corrected chi connectivity index (χ3v) is 6.35. The van der Waals surface area contributed by atoms with Gasteiger partial charge in [-0.25, -0.2) is 13.2 Å². The van der Waals surface area contributed by atoms with Gasteiger partial charge in [0.1, 0.15) is 5.82 Å². The maximum atomic E-state index is 13.5. The molecule has 4 nitrogen and oxygen atoms in total. The normalized spacial score (nSPS) is 24.3. The van der Waals surface area contributed by atoms with Gasteiger partial charge in [-0.2, -0.15) is 0 Å². The Labute approximate surface area is 156 Å². The first-order valence-electron chi connectivity index (χ1n) is 9.50. The minimum Gasteiger partial charge on any atom is -0.342 e. The van der Waals surface area contributed by atoms with Gasteiger partial charge in [0.2, 0.25) is 17.7 Å². The highest BCUT2D eigenvalue weighted by Gasteiger charge is 2.52. The lowest BCUT2D eigenvalue weighted by atomic mass is 9.79. The summed E-state index contributed by atoms with van der Waals surface area (Å²) in [4.78, 5) is 28.4. The molecule has 2 amide bonds. The van der Waals surface area contributed by atoms with Crippen LogP contribution in [-0.2, 0) is 16.1 Å². The van der Waals surface area contributed by atoms with E-state index in [0.29, 0.717) is 38.9 Å². The van der Waals surface area contributed by atoms with Crippen LogP contribution in [0.25, 0.3) is 0 Å². The predicted octanol–water partition coefficient (Wildman–Crippen LogP) is 3.35. The van der Waals surface area contributed by atoms with Gasteiger partial charge in [-0.3, -0.25) is 9.59 Å². The molecule has 1 saturated carbocycles. The fourth-order valence-corrected chi connectivity index (χ4v) is 4.71. The molecule has 0 aromatic heterocycles. The monoisotopic (exact) mass is 380 g/mol. The molecule has 2 aliphatic heterocycles. The molecule has 4 rings (SSSR count). The fourth-order valence-electron chi connectivity index (χ4n) is 4.71. The molecule has 146 valence electrons. The summed E-state index contributed by atoms with van der Waals surface area (Å²) in [5, 5.41) is 0. The molecule has 2 saturated heterocycles. The predicted molar refractivity (Wildman–Crippen MR) is 92.4 cm³/mol. The van der Waals surface area contributed by atoms with Crippen LogP contribution in [-0.4, -0.2) is 46.2 Å². The molecule has 27 heavy (non-hydrogen) atoms. The van der Waals surface area contributed by atoms with Crippen molar-refractivity contribution in [1.29, 1.82) is 0 Å². The molecular formula is C20H23F3N2O2. The Morgan fingerprint density at radius 1 is 1.15 bits per heavy atom. The lowest BCUT2D eigenvalue weighted by molar-refractivity contribution is -0.162. The van der Waals surface area contributed by atoms with Gasteiger partial charge >= 0.3 is 0 Å².